The molecule has 1 aromatic rings. The van der Waals surface area contributed by atoms with Crippen molar-refractivity contribution in [1.29, 1.82) is 0 Å². The van der Waals surface area contributed by atoms with Gasteiger partial charge in [0.05, 0.1) is 36.4 Å². The lowest BCUT2D eigenvalue weighted by Gasteiger charge is -2.36. The molecule has 0 bridgehead atoms. The van der Waals surface area contributed by atoms with Crippen LogP contribution in [-0.2, 0) is 11.3 Å². The lowest BCUT2D eigenvalue weighted by atomic mass is 10.0. The average molecular weight is 417 g/mol. The molecule has 2 unspecified atom stereocenters. The Balaban J connectivity index is 1.61. The third kappa shape index (κ3) is 3.54. The van der Waals surface area contributed by atoms with Gasteiger partial charge in [-0.1, -0.05) is 17.7 Å². The fourth-order valence-corrected chi connectivity index (χ4v) is 4.10. The summed E-state index contributed by atoms with van der Waals surface area (Å²) in [7, 11) is 0. The van der Waals surface area contributed by atoms with Gasteiger partial charge in [-0.25, -0.2) is 4.39 Å². The largest absolute Gasteiger partial charge is 0.378 e. The molecule has 0 aromatic heterocycles. The number of fused-ring (bicyclic) bond motifs is 1. The van der Waals surface area contributed by atoms with Crippen LogP contribution in [0, 0.1) is 13.8 Å². The predicted molar refractivity (Wildman–Crippen MR) is 114 cm³/mol. The summed E-state index contributed by atoms with van der Waals surface area (Å²) >= 11 is 6.30. The maximum atomic E-state index is 13.2. The number of hydrogen-bond donors (Lipinski definition) is 1. The van der Waals surface area contributed by atoms with Crippen molar-refractivity contribution in [2.45, 2.75) is 52.5 Å². The molecule has 29 heavy (non-hydrogen) atoms. The number of nitrogens with one attached hydrogen (secondary N) is 1. The van der Waals surface area contributed by atoms with Gasteiger partial charge in [-0.2, -0.15) is 0 Å². The summed E-state index contributed by atoms with van der Waals surface area (Å²) in [6.07, 6.45) is 2.77. The summed E-state index contributed by atoms with van der Waals surface area (Å²) < 4.78 is 13.2. The van der Waals surface area contributed by atoms with Crippen molar-refractivity contribution in [2.24, 2.45) is 4.99 Å². The Kier molecular flexibility index (Phi) is 5.15. The van der Waals surface area contributed by atoms with Crippen molar-refractivity contribution in [3.63, 3.8) is 0 Å². The van der Waals surface area contributed by atoms with Crippen LogP contribution in [0.15, 0.2) is 40.7 Å². The summed E-state index contributed by atoms with van der Waals surface area (Å²) in [5.74, 6) is 0.699. The topological polar surface area (TPSA) is 47.9 Å². The molecule has 0 aliphatic carbocycles. The first kappa shape index (κ1) is 20.0. The summed E-state index contributed by atoms with van der Waals surface area (Å²) in [6.45, 7) is 9.15. The fraction of sp³-hybridized carbons (Fsp3) is 0.455. The quantitative estimate of drug-likeness (QED) is 0.817. The average Bonchev–Trinajstić information content (AvgIpc) is 2.96. The molecule has 4 rings (SSSR count). The van der Waals surface area contributed by atoms with Crippen molar-refractivity contribution >= 4 is 23.3 Å². The van der Waals surface area contributed by atoms with E-state index in [0.717, 1.165) is 33.2 Å². The molecule has 7 heteroatoms. The Morgan fingerprint density at radius 1 is 1.31 bits per heavy atom. The lowest BCUT2D eigenvalue weighted by Crippen LogP contribution is -2.52. The van der Waals surface area contributed by atoms with Gasteiger partial charge in [0.15, 0.2) is 5.84 Å². The van der Waals surface area contributed by atoms with E-state index in [-0.39, 0.29) is 31.1 Å². The summed E-state index contributed by atoms with van der Waals surface area (Å²) in [4.78, 5) is 21.2. The van der Waals surface area contributed by atoms with Crippen molar-refractivity contribution in [1.82, 2.24) is 15.1 Å². The zero-order valence-electron chi connectivity index (χ0n) is 17.2. The van der Waals surface area contributed by atoms with E-state index in [9.17, 15) is 9.18 Å². The van der Waals surface area contributed by atoms with E-state index in [1.165, 1.54) is 0 Å². The Hall–Kier alpha value is -2.34. The number of amidine groups is 1. The first-order valence-electron chi connectivity index (χ1n) is 9.98. The summed E-state index contributed by atoms with van der Waals surface area (Å²) in [6, 6.07) is 4.19. The summed E-state index contributed by atoms with van der Waals surface area (Å²) in [5, 5.41) is 4.21. The zero-order chi connectivity index (χ0) is 20.9. The van der Waals surface area contributed by atoms with Crippen LogP contribution in [0.3, 0.4) is 0 Å². The highest BCUT2D eigenvalue weighted by molar-refractivity contribution is 6.31. The second-order valence-electron chi connectivity index (χ2n) is 8.11. The van der Waals surface area contributed by atoms with E-state index in [0.29, 0.717) is 12.1 Å². The minimum Gasteiger partial charge on any atom is -0.378 e. The van der Waals surface area contributed by atoms with Crippen molar-refractivity contribution in [3.05, 3.63) is 57.4 Å². The van der Waals surface area contributed by atoms with E-state index in [2.05, 4.69) is 26.1 Å². The Morgan fingerprint density at radius 3 is 2.72 bits per heavy atom. The lowest BCUT2D eigenvalue weighted by molar-refractivity contribution is -0.133. The molecule has 0 radical (unpaired) electrons. The van der Waals surface area contributed by atoms with Crippen LogP contribution in [-0.4, -0.2) is 52.9 Å². The molecule has 154 valence electrons. The third-order valence-corrected chi connectivity index (χ3v) is 6.53. The van der Waals surface area contributed by atoms with Gasteiger partial charge in [-0.15, -0.1) is 0 Å². The van der Waals surface area contributed by atoms with Gasteiger partial charge in [0.25, 0.3) is 5.91 Å². The number of rotatable bonds is 4. The number of carbonyl (C=O) groups excluding carboxylic acids is 1. The number of nitrogens with zero attached hydrogens (tertiary/aromatic N) is 3. The molecule has 1 N–H and O–H groups in total. The highest BCUT2D eigenvalue weighted by atomic mass is 35.5. The molecule has 3 heterocycles. The maximum Gasteiger partial charge on any atom is 0.255 e. The van der Waals surface area contributed by atoms with Crippen molar-refractivity contribution in [3.8, 4) is 0 Å². The van der Waals surface area contributed by atoms with Crippen LogP contribution in [0.4, 0.5) is 4.39 Å². The molecular formula is C22H26ClFN4O. The van der Waals surface area contributed by atoms with Crippen LogP contribution >= 0.6 is 11.6 Å². The molecule has 0 spiro atoms. The number of amides is 1. The number of hydrogen-bond acceptors (Lipinski definition) is 4. The zero-order valence-corrected chi connectivity index (χ0v) is 17.9. The smallest absolute Gasteiger partial charge is 0.255 e. The van der Waals surface area contributed by atoms with E-state index >= 15 is 0 Å². The molecule has 1 fully saturated rings. The van der Waals surface area contributed by atoms with Crippen LogP contribution < -0.4 is 5.32 Å². The highest BCUT2D eigenvalue weighted by Gasteiger charge is 2.37. The van der Waals surface area contributed by atoms with Gasteiger partial charge >= 0.3 is 0 Å². The normalized spacial score (nSPS) is 23.9. The molecular weight excluding hydrogens is 391 g/mol. The number of halogens is 2. The number of alkyl halides is 1. The van der Waals surface area contributed by atoms with Crippen molar-refractivity contribution in [2.75, 3.05) is 13.1 Å². The molecule has 5 nitrogen and oxygen atoms in total. The van der Waals surface area contributed by atoms with Crippen LogP contribution in [0.25, 0.3) is 0 Å². The van der Waals surface area contributed by atoms with Crippen LogP contribution in [0.5, 0.6) is 0 Å². The molecule has 1 saturated heterocycles. The number of aliphatic imine (C=N–C) groups is 1. The minimum absolute atomic E-state index is 0.120. The third-order valence-electron chi connectivity index (χ3n) is 6.12. The summed E-state index contributed by atoms with van der Waals surface area (Å²) in [5.41, 5.74) is 4.70. The van der Waals surface area contributed by atoms with E-state index in [1.54, 1.807) is 4.90 Å². The van der Waals surface area contributed by atoms with Gasteiger partial charge in [-0.3, -0.25) is 9.79 Å². The number of carbonyl (C=O) groups is 1. The van der Waals surface area contributed by atoms with E-state index in [1.807, 2.05) is 36.2 Å². The number of aryl methyl sites for hydroxylation is 1. The van der Waals surface area contributed by atoms with Gasteiger partial charge < -0.3 is 15.1 Å². The van der Waals surface area contributed by atoms with Gasteiger partial charge in [0, 0.05) is 17.8 Å². The predicted octanol–water partition coefficient (Wildman–Crippen LogP) is 3.50. The fourth-order valence-electron chi connectivity index (χ4n) is 3.93. The minimum atomic E-state index is -0.915. The SMILES string of the molecule is Cc1ccc(Cl)c(C)c1CNC1=CC(C(=O)N2CC(F)C2)=CN2C1=NC(C)C2C. The molecule has 1 aromatic carbocycles. The van der Waals surface area contributed by atoms with Gasteiger partial charge in [0.2, 0.25) is 0 Å². The number of likely N-dealkylation sites (tertiary alicyclic amines) is 1. The Bertz CT molecular complexity index is 948. The molecule has 2 atom stereocenters. The van der Waals surface area contributed by atoms with Gasteiger partial charge in [-0.05, 0) is 56.5 Å². The molecule has 1 amide bonds. The van der Waals surface area contributed by atoms with Crippen molar-refractivity contribution < 1.29 is 9.18 Å². The number of benzene rings is 1. The molecule has 0 saturated carbocycles. The van der Waals surface area contributed by atoms with E-state index < -0.39 is 6.17 Å². The van der Waals surface area contributed by atoms with Gasteiger partial charge in [0.1, 0.15) is 6.17 Å². The standard InChI is InChI=1S/C22H26ClFN4O/c1-12-5-6-19(23)13(2)18(12)8-25-20-7-16(22(29)27-10-17(24)11-27)9-28-15(4)14(3)26-21(20)28/h5-7,9,14-15,17,25H,8,10-11H2,1-4H3. The first-order chi connectivity index (χ1) is 13.8. The van der Waals surface area contributed by atoms with Crippen LogP contribution in [0.2, 0.25) is 5.02 Å². The van der Waals surface area contributed by atoms with E-state index in [4.69, 9.17) is 16.6 Å². The monoisotopic (exact) mass is 416 g/mol. The Morgan fingerprint density at radius 2 is 2.03 bits per heavy atom. The highest BCUT2D eigenvalue weighted by Crippen LogP contribution is 2.29. The molecule has 3 aliphatic heterocycles. The Labute approximate surface area is 175 Å². The molecule has 3 aliphatic rings. The first-order valence-corrected chi connectivity index (χ1v) is 10.4. The second-order valence-corrected chi connectivity index (χ2v) is 8.52. The van der Waals surface area contributed by atoms with Crippen LogP contribution in [0.1, 0.15) is 30.5 Å². The second kappa shape index (κ2) is 7.48. The maximum absolute atomic E-state index is 13.2.